The normalized spacial score (nSPS) is 19.7. The van der Waals surface area contributed by atoms with E-state index in [9.17, 15) is 0 Å². The Hall–Kier alpha value is -0.0800. The lowest BCUT2D eigenvalue weighted by atomic mass is 9.77. The van der Waals surface area contributed by atoms with E-state index >= 15 is 0 Å². The minimum Gasteiger partial charge on any atom is -0.330 e. The predicted octanol–water partition coefficient (Wildman–Crippen LogP) is 2.13. The summed E-state index contributed by atoms with van der Waals surface area (Å²) in [6, 6.07) is 0. The van der Waals surface area contributed by atoms with Crippen molar-refractivity contribution in [1.82, 2.24) is 0 Å². The maximum absolute atomic E-state index is 5.73. The van der Waals surface area contributed by atoms with Crippen molar-refractivity contribution in [3.63, 3.8) is 0 Å². The zero-order valence-corrected chi connectivity index (χ0v) is 9.54. The van der Waals surface area contributed by atoms with Gasteiger partial charge in [-0.1, -0.05) is 39.0 Å². The van der Waals surface area contributed by atoms with Gasteiger partial charge in [0.25, 0.3) is 0 Å². The molecular weight excluding hydrogens is 172 g/mol. The van der Waals surface area contributed by atoms with Crippen LogP contribution in [0.25, 0.3) is 0 Å². The van der Waals surface area contributed by atoms with Gasteiger partial charge in [-0.05, 0) is 37.3 Å². The fourth-order valence-corrected chi connectivity index (χ4v) is 2.49. The average Bonchev–Trinajstić information content (AvgIpc) is 2.14. The first-order valence-electron chi connectivity index (χ1n) is 6.21. The first kappa shape index (κ1) is 12.0. The van der Waals surface area contributed by atoms with E-state index in [1.165, 1.54) is 38.5 Å². The molecule has 1 fully saturated rings. The van der Waals surface area contributed by atoms with E-state index in [4.69, 9.17) is 11.5 Å². The van der Waals surface area contributed by atoms with Gasteiger partial charge in [-0.15, -0.1) is 0 Å². The van der Waals surface area contributed by atoms with Gasteiger partial charge in [0.05, 0.1) is 0 Å². The van der Waals surface area contributed by atoms with E-state index in [1.807, 2.05) is 0 Å². The lowest BCUT2D eigenvalue weighted by Crippen LogP contribution is -2.30. The number of hydrogen-bond donors (Lipinski definition) is 2. The van der Waals surface area contributed by atoms with Crippen molar-refractivity contribution in [3.8, 4) is 0 Å². The van der Waals surface area contributed by atoms with Gasteiger partial charge in [0.15, 0.2) is 0 Å². The van der Waals surface area contributed by atoms with Crippen LogP contribution < -0.4 is 11.5 Å². The zero-order chi connectivity index (χ0) is 10.4. The first-order chi connectivity index (χ1) is 6.81. The topological polar surface area (TPSA) is 52.0 Å². The smallest absolute Gasteiger partial charge is 0.00341 e. The third-order valence-electron chi connectivity index (χ3n) is 3.97. The van der Waals surface area contributed by atoms with Crippen LogP contribution in [0.4, 0.5) is 0 Å². The molecule has 14 heavy (non-hydrogen) atoms. The average molecular weight is 198 g/mol. The maximum Gasteiger partial charge on any atom is -0.00341 e. The summed E-state index contributed by atoms with van der Waals surface area (Å²) in [5.74, 6) is 2.35. The molecule has 0 bridgehead atoms. The summed E-state index contributed by atoms with van der Waals surface area (Å²) >= 11 is 0. The lowest BCUT2D eigenvalue weighted by molar-refractivity contribution is 0.236. The standard InChI is InChI=1S/C12H26N2/c1-2-11(12(8-13)9-14)7-6-10-4-3-5-10/h10-12H,2-9,13-14H2,1H3. The number of rotatable bonds is 7. The van der Waals surface area contributed by atoms with E-state index in [1.54, 1.807) is 0 Å². The largest absolute Gasteiger partial charge is 0.330 e. The summed E-state index contributed by atoms with van der Waals surface area (Å²) < 4.78 is 0. The Morgan fingerprint density at radius 2 is 1.79 bits per heavy atom. The Labute approximate surface area is 88.4 Å². The Bertz CT molecular complexity index is 139. The molecule has 1 atom stereocenters. The highest BCUT2D eigenvalue weighted by Crippen LogP contribution is 2.33. The molecule has 4 N–H and O–H groups in total. The Kier molecular flexibility index (Phi) is 5.49. The van der Waals surface area contributed by atoms with Crippen LogP contribution in [0, 0.1) is 17.8 Å². The second-order valence-corrected chi connectivity index (χ2v) is 4.77. The Morgan fingerprint density at radius 1 is 1.14 bits per heavy atom. The van der Waals surface area contributed by atoms with Crippen molar-refractivity contribution in [2.45, 2.75) is 45.4 Å². The van der Waals surface area contributed by atoms with Crippen molar-refractivity contribution in [2.75, 3.05) is 13.1 Å². The summed E-state index contributed by atoms with van der Waals surface area (Å²) in [5.41, 5.74) is 11.5. The summed E-state index contributed by atoms with van der Waals surface area (Å²) in [5, 5.41) is 0. The highest BCUT2D eigenvalue weighted by Gasteiger charge is 2.22. The van der Waals surface area contributed by atoms with E-state index in [0.29, 0.717) is 5.92 Å². The fourth-order valence-electron chi connectivity index (χ4n) is 2.49. The maximum atomic E-state index is 5.73. The van der Waals surface area contributed by atoms with Crippen LogP contribution in [0.3, 0.4) is 0 Å². The summed E-state index contributed by atoms with van der Waals surface area (Å²) in [4.78, 5) is 0. The van der Waals surface area contributed by atoms with Gasteiger partial charge < -0.3 is 11.5 Å². The second-order valence-electron chi connectivity index (χ2n) is 4.77. The number of nitrogens with two attached hydrogens (primary N) is 2. The molecule has 0 heterocycles. The van der Waals surface area contributed by atoms with Crippen molar-refractivity contribution < 1.29 is 0 Å². The lowest BCUT2D eigenvalue weighted by Gasteiger charge is -2.29. The third kappa shape index (κ3) is 3.25. The quantitative estimate of drug-likeness (QED) is 0.658. The van der Waals surface area contributed by atoms with Crippen LogP contribution in [0.5, 0.6) is 0 Å². The zero-order valence-electron chi connectivity index (χ0n) is 9.54. The molecule has 1 aliphatic carbocycles. The molecule has 2 nitrogen and oxygen atoms in total. The van der Waals surface area contributed by atoms with Gasteiger partial charge in [-0.2, -0.15) is 0 Å². The summed E-state index contributed by atoms with van der Waals surface area (Å²) in [7, 11) is 0. The van der Waals surface area contributed by atoms with Crippen LogP contribution in [0.15, 0.2) is 0 Å². The molecule has 0 aromatic carbocycles. The molecule has 84 valence electrons. The van der Waals surface area contributed by atoms with Crippen LogP contribution in [-0.2, 0) is 0 Å². The SMILES string of the molecule is CCC(CCC1CCC1)C(CN)CN. The summed E-state index contributed by atoms with van der Waals surface area (Å²) in [6.45, 7) is 3.79. The molecule has 1 unspecified atom stereocenters. The molecule has 0 amide bonds. The highest BCUT2D eigenvalue weighted by molar-refractivity contribution is 4.75. The third-order valence-corrected chi connectivity index (χ3v) is 3.97. The van der Waals surface area contributed by atoms with E-state index in [2.05, 4.69) is 6.92 Å². The molecule has 2 heteroatoms. The predicted molar refractivity (Wildman–Crippen MR) is 62.0 cm³/mol. The Balaban J connectivity index is 2.21. The Morgan fingerprint density at radius 3 is 2.14 bits per heavy atom. The fraction of sp³-hybridized carbons (Fsp3) is 1.00. The van der Waals surface area contributed by atoms with Gasteiger partial charge in [0, 0.05) is 0 Å². The van der Waals surface area contributed by atoms with Gasteiger partial charge in [-0.25, -0.2) is 0 Å². The molecule has 1 rings (SSSR count). The molecule has 0 aromatic heterocycles. The van der Waals surface area contributed by atoms with Crippen LogP contribution >= 0.6 is 0 Å². The number of hydrogen-bond acceptors (Lipinski definition) is 2. The van der Waals surface area contributed by atoms with Crippen molar-refractivity contribution >= 4 is 0 Å². The molecule has 0 saturated heterocycles. The van der Waals surface area contributed by atoms with Crippen LogP contribution in [0.2, 0.25) is 0 Å². The van der Waals surface area contributed by atoms with E-state index in [-0.39, 0.29) is 0 Å². The van der Waals surface area contributed by atoms with Crippen LogP contribution in [-0.4, -0.2) is 13.1 Å². The molecule has 0 spiro atoms. The second kappa shape index (κ2) is 6.41. The molecule has 0 radical (unpaired) electrons. The molecular formula is C12H26N2. The highest BCUT2D eigenvalue weighted by atomic mass is 14.6. The summed E-state index contributed by atoms with van der Waals surface area (Å²) in [6.07, 6.45) is 8.39. The van der Waals surface area contributed by atoms with Crippen molar-refractivity contribution in [3.05, 3.63) is 0 Å². The first-order valence-corrected chi connectivity index (χ1v) is 6.21. The van der Waals surface area contributed by atoms with Crippen molar-refractivity contribution in [2.24, 2.45) is 29.2 Å². The molecule has 1 saturated carbocycles. The van der Waals surface area contributed by atoms with Gasteiger partial charge in [-0.3, -0.25) is 0 Å². The minimum absolute atomic E-state index is 0.556. The van der Waals surface area contributed by atoms with Gasteiger partial charge in [0.1, 0.15) is 0 Å². The van der Waals surface area contributed by atoms with E-state index < -0.39 is 0 Å². The van der Waals surface area contributed by atoms with Gasteiger partial charge >= 0.3 is 0 Å². The van der Waals surface area contributed by atoms with Crippen LogP contribution in [0.1, 0.15) is 45.4 Å². The van der Waals surface area contributed by atoms with Crippen molar-refractivity contribution in [1.29, 1.82) is 0 Å². The van der Waals surface area contributed by atoms with E-state index in [0.717, 1.165) is 24.9 Å². The monoisotopic (exact) mass is 198 g/mol. The minimum atomic E-state index is 0.556. The van der Waals surface area contributed by atoms with Gasteiger partial charge in [0.2, 0.25) is 0 Å². The molecule has 1 aliphatic rings. The molecule has 0 aromatic rings. The molecule has 0 aliphatic heterocycles.